The topological polar surface area (TPSA) is 231 Å². The number of H-pyrrole nitrogens is 1. The Balaban J connectivity index is 2.13. The molecule has 2 rings (SSSR count). The number of guanidine groups is 1. The molecule has 0 aliphatic rings. The molecule has 0 saturated carbocycles. The van der Waals surface area contributed by atoms with Gasteiger partial charge < -0.3 is 43.2 Å². The van der Waals surface area contributed by atoms with E-state index in [4.69, 9.17) is 22.3 Å². The summed E-state index contributed by atoms with van der Waals surface area (Å²) in [5.74, 6) is -3.37. The molecule has 39 heavy (non-hydrogen) atoms. The van der Waals surface area contributed by atoms with Crippen LogP contribution in [0.15, 0.2) is 35.5 Å². The first-order valence-corrected chi connectivity index (χ1v) is 12.9. The summed E-state index contributed by atoms with van der Waals surface area (Å²) >= 11 is 0. The number of aliphatic imine (C=N–C) groups is 1. The van der Waals surface area contributed by atoms with Gasteiger partial charge in [-0.15, -0.1) is 0 Å². The van der Waals surface area contributed by atoms with Crippen LogP contribution in [0, 0.1) is 5.92 Å². The minimum absolute atomic E-state index is 0.108. The normalized spacial score (nSPS) is 14.9. The summed E-state index contributed by atoms with van der Waals surface area (Å²) < 4.78 is 0. The van der Waals surface area contributed by atoms with Gasteiger partial charge in [0.05, 0.1) is 6.04 Å². The standard InChI is InChI=1S/C26H40N8O5/c1-4-14(2)21(34-22(35)18(27)12-16-13-31-19-9-6-5-8-17(16)19)24(37)33-20(10-7-11-30-26(28)29)23(36)32-15(3)25(38)39/h5-6,8-9,13-15,18,20-21,31H,4,7,10-12,27H2,1-3H3,(H,32,36)(H,33,37)(H,34,35)(H,38,39)(H4,28,29,30). The van der Waals surface area contributed by atoms with Crippen LogP contribution in [0.2, 0.25) is 0 Å². The minimum atomic E-state index is -1.22. The Bertz CT molecular complexity index is 1180. The quantitative estimate of drug-likeness (QED) is 0.0840. The summed E-state index contributed by atoms with van der Waals surface area (Å²) in [5, 5.41) is 17.9. The minimum Gasteiger partial charge on any atom is -0.480 e. The third kappa shape index (κ3) is 9.28. The number of carbonyl (C=O) groups excluding carboxylic acids is 3. The molecule has 5 unspecified atom stereocenters. The molecule has 0 aliphatic heterocycles. The van der Waals surface area contributed by atoms with Crippen molar-refractivity contribution in [3.8, 4) is 0 Å². The number of nitrogens with zero attached hydrogens (tertiary/aromatic N) is 1. The van der Waals surface area contributed by atoms with Crippen molar-refractivity contribution < 1.29 is 24.3 Å². The highest BCUT2D eigenvalue weighted by Gasteiger charge is 2.32. The number of hydrogen-bond acceptors (Lipinski definition) is 6. The van der Waals surface area contributed by atoms with Crippen LogP contribution in [-0.2, 0) is 25.6 Å². The predicted molar refractivity (Wildman–Crippen MR) is 148 cm³/mol. The van der Waals surface area contributed by atoms with Crippen molar-refractivity contribution in [2.75, 3.05) is 6.54 Å². The van der Waals surface area contributed by atoms with E-state index in [0.29, 0.717) is 12.8 Å². The molecule has 13 heteroatoms. The highest BCUT2D eigenvalue weighted by atomic mass is 16.4. The maximum atomic E-state index is 13.3. The first-order chi connectivity index (χ1) is 18.4. The highest BCUT2D eigenvalue weighted by Crippen LogP contribution is 2.19. The van der Waals surface area contributed by atoms with Crippen LogP contribution in [0.4, 0.5) is 0 Å². The summed E-state index contributed by atoms with van der Waals surface area (Å²) in [6.07, 6.45) is 3.11. The number of carboxylic acid groups (broad SMARTS) is 1. The lowest BCUT2D eigenvalue weighted by Gasteiger charge is -2.27. The molecule has 1 aromatic heterocycles. The molecule has 1 aromatic carbocycles. The number of carboxylic acids is 1. The van der Waals surface area contributed by atoms with Gasteiger partial charge in [0.25, 0.3) is 0 Å². The van der Waals surface area contributed by atoms with E-state index >= 15 is 0 Å². The zero-order chi connectivity index (χ0) is 29.1. The fourth-order valence-corrected chi connectivity index (χ4v) is 4.00. The Morgan fingerprint density at radius 1 is 1.03 bits per heavy atom. The molecule has 2 aromatic rings. The van der Waals surface area contributed by atoms with Gasteiger partial charge in [0.1, 0.15) is 18.1 Å². The van der Waals surface area contributed by atoms with E-state index in [1.165, 1.54) is 6.92 Å². The second-order valence-electron chi connectivity index (χ2n) is 9.62. The SMILES string of the molecule is CCC(C)C(NC(=O)C(N)Cc1c[nH]c2ccccc12)C(=O)NC(CCCN=C(N)N)C(=O)NC(C)C(=O)O. The second-order valence-corrected chi connectivity index (χ2v) is 9.62. The van der Waals surface area contributed by atoms with Crippen LogP contribution in [0.5, 0.6) is 0 Å². The number of benzene rings is 1. The Kier molecular flexibility index (Phi) is 11.7. The summed E-state index contributed by atoms with van der Waals surface area (Å²) in [7, 11) is 0. The van der Waals surface area contributed by atoms with E-state index in [1.54, 1.807) is 13.1 Å². The molecule has 214 valence electrons. The average Bonchev–Trinajstić information content (AvgIpc) is 3.30. The number of amides is 3. The first kappa shape index (κ1) is 31.1. The predicted octanol–water partition coefficient (Wildman–Crippen LogP) is -0.304. The summed E-state index contributed by atoms with van der Waals surface area (Å²) in [6, 6.07) is 3.54. The van der Waals surface area contributed by atoms with Crippen LogP contribution in [0.1, 0.15) is 45.6 Å². The van der Waals surface area contributed by atoms with E-state index in [0.717, 1.165) is 16.5 Å². The second kappa shape index (κ2) is 14.7. The molecule has 0 saturated heterocycles. The Morgan fingerprint density at radius 3 is 2.36 bits per heavy atom. The Labute approximate surface area is 227 Å². The Morgan fingerprint density at radius 2 is 1.72 bits per heavy atom. The number of aromatic amines is 1. The fourth-order valence-electron chi connectivity index (χ4n) is 4.00. The monoisotopic (exact) mass is 544 g/mol. The van der Waals surface area contributed by atoms with E-state index in [9.17, 15) is 19.2 Å². The van der Waals surface area contributed by atoms with E-state index in [2.05, 4.69) is 25.9 Å². The molecule has 5 atom stereocenters. The van der Waals surface area contributed by atoms with Crippen molar-refractivity contribution in [3.05, 3.63) is 36.0 Å². The molecule has 11 N–H and O–H groups in total. The number of aromatic nitrogens is 1. The highest BCUT2D eigenvalue weighted by molar-refractivity contribution is 5.94. The van der Waals surface area contributed by atoms with Crippen LogP contribution in [0.25, 0.3) is 10.9 Å². The van der Waals surface area contributed by atoms with E-state index in [-0.39, 0.29) is 31.3 Å². The van der Waals surface area contributed by atoms with Crippen molar-refractivity contribution in [3.63, 3.8) is 0 Å². The maximum Gasteiger partial charge on any atom is 0.325 e. The lowest BCUT2D eigenvalue weighted by molar-refractivity contribution is -0.142. The van der Waals surface area contributed by atoms with Gasteiger partial charge in [0.15, 0.2) is 5.96 Å². The van der Waals surface area contributed by atoms with Crippen molar-refractivity contribution in [1.82, 2.24) is 20.9 Å². The first-order valence-electron chi connectivity index (χ1n) is 12.9. The van der Waals surface area contributed by atoms with Crippen molar-refractivity contribution in [1.29, 1.82) is 0 Å². The molecule has 0 radical (unpaired) electrons. The number of para-hydroxylation sites is 1. The molecule has 1 heterocycles. The molecule has 0 spiro atoms. The molecular formula is C26H40N8O5. The van der Waals surface area contributed by atoms with Gasteiger partial charge in [-0.05, 0) is 43.7 Å². The molecule has 3 amide bonds. The number of hydrogen-bond donors (Lipinski definition) is 8. The number of fused-ring (bicyclic) bond motifs is 1. The van der Waals surface area contributed by atoms with Crippen molar-refractivity contribution in [2.45, 2.75) is 70.6 Å². The largest absolute Gasteiger partial charge is 0.480 e. The van der Waals surface area contributed by atoms with Gasteiger partial charge in [0.2, 0.25) is 17.7 Å². The maximum absolute atomic E-state index is 13.3. The van der Waals surface area contributed by atoms with Gasteiger partial charge in [-0.2, -0.15) is 0 Å². The molecule has 13 nitrogen and oxygen atoms in total. The fraction of sp³-hybridized carbons (Fsp3) is 0.500. The van der Waals surface area contributed by atoms with Crippen molar-refractivity contribution in [2.24, 2.45) is 28.1 Å². The third-order valence-corrected chi connectivity index (χ3v) is 6.55. The molecule has 0 bridgehead atoms. The van der Waals surface area contributed by atoms with Gasteiger partial charge in [-0.3, -0.25) is 24.2 Å². The zero-order valence-corrected chi connectivity index (χ0v) is 22.6. The molecule has 0 aliphatic carbocycles. The van der Waals surface area contributed by atoms with Gasteiger partial charge in [-0.1, -0.05) is 38.5 Å². The van der Waals surface area contributed by atoms with Crippen LogP contribution in [-0.4, -0.2) is 70.5 Å². The lowest BCUT2D eigenvalue weighted by Crippen LogP contribution is -2.58. The van der Waals surface area contributed by atoms with Gasteiger partial charge >= 0.3 is 5.97 Å². The number of aliphatic carboxylic acids is 1. The van der Waals surface area contributed by atoms with Gasteiger partial charge in [-0.25, -0.2) is 0 Å². The number of carbonyl (C=O) groups is 4. The van der Waals surface area contributed by atoms with Crippen LogP contribution in [0.3, 0.4) is 0 Å². The third-order valence-electron chi connectivity index (χ3n) is 6.55. The number of nitrogens with two attached hydrogens (primary N) is 3. The summed E-state index contributed by atoms with van der Waals surface area (Å²) in [4.78, 5) is 57.4. The summed E-state index contributed by atoms with van der Waals surface area (Å²) in [6.45, 7) is 5.20. The Hall–Kier alpha value is -4.13. The average molecular weight is 545 g/mol. The number of nitrogens with one attached hydrogen (secondary N) is 4. The van der Waals surface area contributed by atoms with E-state index in [1.807, 2.05) is 31.2 Å². The van der Waals surface area contributed by atoms with Crippen LogP contribution >= 0.6 is 0 Å². The molecular weight excluding hydrogens is 504 g/mol. The van der Waals surface area contributed by atoms with Gasteiger partial charge in [0, 0.05) is 23.6 Å². The molecule has 0 fully saturated rings. The van der Waals surface area contributed by atoms with Crippen LogP contribution < -0.4 is 33.2 Å². The number of rotatable bonds is 15. The van der Waals surface area contributed by atoms with E-state index < -0.39 is 47.9 Å². The summed E-state index contributed by atoms with van der Waals surface area (Å²) in [5.41, 5.74) is 18.7. The van der Waals surface area contributed by atoms with Crippen molar-refractivity contribution >= 4 is 40.6 Å². The smallest absolute Gasteiger partial charge is 0.325 e. The zero-order valence-electron chi connectivity index (χ0n) is 22.6. The lowest BCUT2D eigenvalue weighted by atomic mass is 9.96.